The van der Waals surface area contributed by atoms with E-state index in [1.54, 1.807) is 42.7 Å². The highest BCUT2D eigenvalue weighted by molar-refractivity contribution is 7.90. The van der Waals surface area contributed by atoms with Crippen molar-refractivity contribution in [2.75, 3.05) is 18.1 Å². The molecular formula is C25H27N3O5S. The Hall–Kier alpha value is -3.43. The molecule has 2 aromatic carbocycles. The lowest BCUT2D eigenvalue weighted by Gasteiger charge is -2.21. The highest BCUT2D eigenvalue weighted by atomic mass is 32.2. The number of amides is 2. The maximum atomic E-state index is 12.8. The van der Waals surface area contributed by atoms with Gasteiger partial charge in [0.15, 0.2) is 9.84 Å². The number of hydrogen-bond donors (Lipinski definition) is 2. The second-order valence-electron chi connectivity index (χ2n) is 8.49. The Morgan fingerprint density at radius 1 is 1.00 bits per heavy atom. The van der Waals surface area contributed by atoms with E-state index in [0.717, 1.165) is 24.7 Å². The molecule has 8 nitrogen and oxygen atoms in total. The van der Waals surface area contributed by atoms with Crippen molar-refractivity contribution in [3.05, 3.63) is 83.8 Å². The Balaban J connectivity index is 1.45. The maximum absolute atomic E-state index is 12.8. The molecule has 4 rings (SSSR count). The molecule has 3 aromatic rings. The molecule has 2 N–H and O–H groups in total. The Morgan fingerprint density at radius 2 is 1.74 bits per heavy atom. The average Bonchev–Trinajstić information content (AvgIpc) is 3.45. The van der Waals surface area contributed by atoms with E-state index in [-0.39, 0.29) is 28.9 Å². The zero-order valence-electron chi connectivity index (χ0n) is 18.9. The van der Waals surface area contributed by atoms with Crippen LogP contribution in [0.2, 0.25) is 0 Å². The molecule has 0 bridgehead atoms. The molecular weight excluding hydrogens is 454 g/mol. The van der Waals surface area contributed by atoms with Crippen molar-refractivity contribution in [1.29, 1.82) is 0 Å². The van der Waals surface area contributed by atoms with Gasteiger partial charge in [0.2, 0.25) is 5.91 Å². The van der Waals surface area contributed by atoms with Crippen LogP contribution >= 0.6 is 0 Å². The van der Waals surface area contributed by atoms with Gasteiger partial charge >= 0.3 is 0 Å². The fourth-order valence-corrected chi connectivity index (χ4v) is 4.44. The summed E-state index contributed by atoms with van der Waals surface area (Å²) in [4.78, 5) is 27.0. The second kappa shape index (κ2) is 10.2. The van der Waals surface area contributed by atoms with Gasteiger partial charge in [-0.05, 0) is 54.8 Å². The van der Waals surface area contributed by atoms with Gasteiger partial charge in [-0.25, -0.2) is 8.42 Å². The van der Waals surface area contributed by atoms with Crippen LogP contribution in [0.1, 0.15) is 34.5 Å². The Kier molecular flexibility index (Phi) is 7.14. The smallest absolute Gasteiger partial charge is 0.251 e. The van der Waals surface area contributed by atoms with Crippen molar-refractivity contribution in [3.8, 4) is 0 Å². The molecule has 0 aliphatic heterocycles. The van der Waals surface area contributed by atoms with E-state index in [1.165, 1.54) is 6.07 Å². The van der Waals surface area contributed by atoms with E-state index in [2.05, 4.69) is 10.6 Å². The molecule has 1 aliphatic carbocycles. The molecule has 0 saturated heterocycles. The average molecular weight is 482 g/mol. The number of para-hydroxylation sites is 1. The number of benzene rings is 2. The lowest BCUT2D eigenvalue weighted by Crippen LogP contribution is -2.32. The van der Waals surface area contributed by atoms with Crippen LogP contribution in [-0.4, -0.2) is 44.0 Å². The first-order valence-electron chi connectivity index (χ1n) is 11.0. The van der Waals surface area contributed by atoms with Gasteiger partial charge < -0.3 is 15.1 Å². The van der Waals surface area contributed by atoms with Gasteiger partial charge in [0, 0.05) is 24.4 Å². The predicted octanol–water partition coefficient (Wildman–Crippen LogP) is 3.22. The van der Waals surface area contributed by atoms with Crippen LogP contribution in [0.4, 0.5) is 5.69 Å². The lowest BCUT2D eigenvalue weighted by molar-refractivity contribution is -0.117. The van der Waals surface area contributed by atoms with Gasteiger partial charge in [0.05, 0.1) is 29.9 Å². The summed E-state index contributed by atoms with van der Waals surface area (Å²) in [6.45, 7) is 0.840. The minimum atomic E-state index is -3.49. The summed E-state index contributed by atoms with van der Waals surface area (Å²) >= 11 is 0. The number of furan rings is 1. The minimum absolute atomic E-state index is 0.0166. The highest BCUT2D eigenvalue weighted by Crippen LogP contribution is 2.21. The molecule has 1 saturated carbocycles. The molecule has 0 unspecified atom stereocenters. The number of rotatable bonds is 10. The Bertz CT molecular complexity index is 1250. The molecule has 0 spiro atoms. The van der Waals surface area contributed by atoms with Gasteiger partial charge in [-0.15, -0.1) is 0 Å². The van der Waals surface area contributed by atoms with Gasteiger partial charge in [0.1, 0.15) is 5.76 Å². The maximum Gasteiger partial charge on any atom is 0.251 e. The summed E-state index contributed by atoms with van der Waals surface area (Å²) in [6, 6.07) is 17.5. The fourth-order valence-electron chi connectivity index (χ4n) is 3.59. The minimum Gasteiger partial charge on any atom is -0.468 e. The Morgan fingerprint density at radius 3 is 2.38 bits per heavy atom. The van der Waals surface area contributed by atoms with Crippen molar-refractivity contribution in [1.82, 2.24) is 10.2 Å². The van der Waals surface area contributed by atoms with Crippen LogP contribution < -0.4 is 10.6 Å². The second-order valence-corrected chi connectivity index (χ2v) is 10.5. The van der Waals surface area contributed by atoms with Crippen LogP contribution in [0.3, 0.4) is 0 Å². The lowest BCUT2D eigenvalue weighted by atomic mass is 10.1. The van der Waals surface area contributed by atoms with E-state index < -0.39 is 9.84 Å². The molecule has 0 radical (unpaired) electrons. The highest BCUT2D eigenvalue weighted by Gasteiger charge is 2.24. The summed E-state index contributed by atoms with van der Waals surface area (Å²) < 4.78 is 29.5. The first kappa shape index (κ1) is 23.7. The molecule has 34 heavy (non-hydrogen) atoms. The van der Waals surface area contributed by atoms with E-state index >= 15 is 0 Å². The predicted molar refractivity (Wildman–Crippen MR) is 128 cm³/mol. The molecule has 1 heterocycles. The molecule has 1 fully saturated rings. The van der Waals surface area contributed by atoms with Gasteiger partial charge in [-0.2, -0.15) is 0 Å². The third-order valence-corrected chi connectivity index (χ3v) is 6.58. The Labute approximate surface area is 198 Å². The summed E-state index contributed by atoms with van der Waals surface area (Å²) in [5.41, 5.74) is 1.78. The molecule has 0 atom stereocenters. The largest absolute Gasteiger partial charge is 0.468 e. The first-order chi connectivity index (χ1) is 16.3. The van der Waals surface area contributed by atoms with Crippen LogP contribution in [0.5, 0.6) is 0 Å². The normalized spacial score (nSPS) is 13.6. The quantitative estimate of drug-likeness (QED) is 0.460. The topological polar surface area (TPSA) is 109 Å². The molecule has 1 aliphatic rings. The number of anilines is 1. The first-order valence-corrected chi connectivity index (χ1v) is 12.9. The summed E-state index contributed by atoms with van der Waals surface area (Å²) in [6.07, 6.45) is 4.74. The molecule has 9 heteroatoms. The van der Waals surface area contributed by atoms with Crippen molar-refractivity contribution in [2.24, 2.45) is 0 Å². The van der Waals surface area contributed by atoms with Gasteiger partial charge in [0.25, 0.3) is 5.91 Å². The van der Waals surface area contributed by atoms with E-state index in [1.807, 2.05) is 23.1 Å². The number of carbonyl (C=O) groups excluding carboxylic acids is 2. The van der Waals surface area contributed by atoms with Crippen molar-refractivity contribution < 1.29 is 22.4 Å². The third kappa shape index (κ3) is 6.55. The summed E-state index contributed by atoms with van der Waals surface area (Å²) in [7, 11) is -3.49. The summed E-state index contributed by atoms with van der Waals surface area (Å²) in [5.74, 6) is 0.276. The number of hydrogen-bond acceptors (Lipinski definition) is 6. The van der Waals surface area contributed by atoms with Crippen LogP contribution in [0.15, 0.2) is 76.2 Å². The van der Waals surface area contributed by atoms with Crippen LogP contribution in [-0.2, 0) is 27.7 Å². The molecule has 1 aromatic heterocycles. The number of nitrogens with one attached hydrogen (secondary N) is 2. The van der Waals surface area contributed by atoms with Gasteiger partial charge in [-0.3, -0.25) is 14.5 Å². The molecule has 2 amide bonds. The zero-order valence-corrected chi connectivity index (χ0v) is 19.7. The van der Waals surface area contributed by atoms with E-state index in [4.69, 9.17) is 4.42 Å². The zero-order chi connectivity index (χ0) is 24.1. The van der Waals surface area contributed by atoms with Gasteiger partial charge in [-0.1, -0.05) is 24.3 Å². The molecule has 178 valence electrons. The van der Waals surface area contributed by atoms with Crippen molar-refractivity contribution in [3.63, 3.8) is 0 Å². The van der Waals surface area contributed by atoms with Crippen LogP contribution in [0.25, 0.3) is 0 Å². The van der Waals surface area contributed by atoms with Crippen molar-refractivity contribution in [2.45, 2.75) is 36.9 Å². The summed E-state index contributed by atoms with van der Waals surface area (Å²) in [5, 5.41) is 5.68. The fraction of sp³-hybridized carbons (Fsp3) is 0.280. The monoisotopic (exact) mass is 481 g/mol. The van der Waals surface area contributed by atoms with E-state index in [0.29, 0.717) is 30.5 Å². The standard InChI is InChI=1S/C25H27N3O5S/c1-34(31,32)23-7-3-2-6-22(23)27-24(29)17-28(16-21-5-4-14-33-21)15-18-8-10-19(11-9-18)25(30)26-20-12-13-20/h2-11,14,20H,12-13,15-17H2,1H3,(H,26,30)(H,27,29). The van der Waals surface area contributed by atoms with Crippen LogP contribution in [0, 0.1) is 0 Å². The third-order valence-electron chi connectivity index (χ3n) is 5.42. The number of nitrogens with zero attached hydrogens (tertiary/aromatic N) is 1. The van der Waals surface area contributed by atoms with E-state index in [9.17, 15) is 18.0 Å². The number of carbonyl (C=O) groups is 2. The van der Waals surface area contributed by atoms with Crippen molar-refractivity contribution >= 4 is 27.3 Å². The SMILES string of the molecule is CS(=O)(=O)c1ccccc1NC(=O)CN(Cc1ccc(C(=O)NC2CC2)cc1)Cc1ccco1. The number of sulfone groups is 1.